The van der Waals surface area contributed by atoms with Gasteiger partial charge in [-0.05, 0) is 65.9 Å². The standard InChI is InChI=1S/C30H29FN2O3/c1-4-20-17-33(18-20)13-14-35-24-11-7-22(8-12-24)30-29(21-5-9-23(31)10-6-21)19(2)25-15-27(34)26(32-3)16-28(25)36-30/h5-12,15-16,20,30,34H,4,13-14,17-18H2,1-2H3/t30-/m1/s1. The summed E-state index contributed by atoms with van der Waals surface area (Å²) in [5.41, 5.74) is 4.39. The molecule has 5 nitrogen and oxygen atoms in total. The van der Waals surface area contributed by atoms with E-state index in [2.05, 4.69) is 16.7 Å². The third-order valence-corrected chi connectivity index (χ3v) is 7.14. The molecule has 3 aromatic carbocycles. The minimum atomic E-state index is -0.466. The Balaban J connectivity index is 1.41. The molecule has 0 radical (unpaired) electrons. The molecule has 0 bridgehead atoms. The average Bonchev–Trinajstić information content (AvgIpc) is 2.86. The van der Waals surface area contributed by atoms with E-state index < -0.39 is 6.10 Å². The first-order valence-corrected chi connectivity index (χ1v) is 12.3. The Bertz CT molecular complexity index is 1320. The largest absolute Gasteiger partial charge is 0.519 e. The number of nitrogens with zero attached hydrogens (tertiary/aromatic N) is 2. The van der Waals surface area contributed by atoms with Crippen LogP contribution in [0.1, 0.15) is 43.1 Å². The van der Waals surface area contributed by atoms with Gasteiger partial charge in [0.1, 0.15) is 35.8 Å². The predicted molar refractivity (Wildman–Crippen MR) is 139 cm³/mol. The monoisotopic (exact) mass is 484 g/mol. The molecule has 1 fully saturated rings. The number of benzene rings is 3. The van der Waals surface area contributed by atoms with Gasteiger partial charge in [0.05, 0.1) is 6.57 Å². The number of aromatic hydroxyl groups is 1. The van der Waals surface area contributed by atoms with Crippen molar-refractivity contribution in [2.24, 2.45) is 5.92 Å². The third kappa shape index (κ3) is 4.67. The van der Waals surface area contributed by atoms with Crippen LogP contribution in [0, 0.1) is 18.3 Å². The lowest BCUT2D eigenvalue weighted by Crippen LogP contribution is -2.47. The zero-order valence-corrected chi connectivity index (χ0v) is 20.5. The van der Waals surface area contributed by atoms with E-state index in [4.69, 9.17) is 16.0 Å². The number of halogens is 1. The lowest BCUT2D eigenvalue weighted by molar-refractivity contribution is 0.0806. The Morgan fingerprint density at radius 2 is 1.83 bits per heavy atom. The number of hydrogen-bond acceptors (Lipinski definition) is 4. The van der Waals surface area contributed by atoms with Crippen molar-refractivity contribution in [2.45, 2.75) is 26.4 Å². The summed E-state index contributed by atoms with van der Waals surface area (Å²) >= 11 is 0. The molecule has 1 atom stereocenters. The number of rotatable bonds is 7. The van der Waals surface area contributed by atoms with Crippen LogP contribution in [0.3, 0.4) is 0 Å². The minimum Gasteiger partial charge on any atom is -0.519 e. The van der Waals surface area contributed by atoms with Gasteiger partial charge in [-0.15, -0.1) is 0 Å². The van der Waals surface area contributed by atoms with Gasteiger partial charge in [-0.2, -0.15) is 0 Å². The summed E-state index contributed by atoms with van der Waals surface area (Å²) in [7, 11) is 0. The topological polar surface area (TPSA) is 46.3 Å². The first-order valence-electron chi connectivity index (χ1n) is 12.3. The maximum absolute atomic E-state index is 13.7. The predicted octanol–water partition coefficient (Wildman–Crippen LogP) is 6.87. The first-order chi connectivity index (χ1) is 17.5. The van der Waals surface area contributed by atoms with Crippen molar-refractivity contribution in [3.8, 4) is 17.2 Å². The Morgan fingerprint density at radius 1 is 1.11 bits per heavy atom. The number of phenols is 1. The average molecular weight is 485 g/mol. The quantitative estimate of drug-likeness (QED) is 0.372. The maximum Gasteiger partial charge on any atom is 0.231 e. The molecule has 0 amide bonds. The molecular weight excluding hydrogens is 455 g/mol. The van der Waals surface area contributed by atoms with Crippen LogP contribution in [0.25, 0.3) is 16.0 Å². The van der Waals surface area contributed by atoms with Gasteiger partial charge in [-0.3, -0.25) is 4.90 Å². The van der Waals surface area contributed by atoms with Crippen LogP contribution < -0.4 is 9.47 Å². The van der Waals surface area contributed by atoms with E-state index in [9.17, 15) is 9.50 Å². The van der Waals surface area contributed by atoms with Crippen molar-refractivity contribution >= 4 is 16.8 Å². The van der Waals surface area contributed by atoms with Crippen LogP contribution in [0.4, 0.5) is 10.1 Å². The highest BCUT2D eigenvalue weighted by Crippen LogP contribution is 2.49. The zero-order valence-electron chi connectivity index (χ0n) is 20.5. The molecule has 2 aliphatic heterocycles. The number of allylic oxidation sites excluding steroid dienone is 1. The van der Waals surface area contributed by atoms with E-state index in [1.54, 1.807) is 24.3 Å². The van der Waals surface area contributed by atoms with E-state index in [0.717, 1.165) is 53.6 Å². The fraction of sp³-hybridized carbons (Fsp3) is 0.300. The van der Waals surface area contributed by atoms with Crippen molar-refractivity contribution in [3.05, 3.63) is 94.6 Å². The fourth-order valence-corrected chi connectivity index (χ4v) is 4.95. The Morgan fingerprint density at radius 3 is 2.50 bits per heavy atom. The second-order valence-electron chi connectivity index (χ2n) is 9.44. The molecule has 5 rings (SSSR count). The third-order valence-electron chi connectivity index (χ3n) is 7.14. The molecule has 1 N–H and O–H groups in total. The molecule has 2 aliphatic rings. The summed E-state index contributed by atoms with van der Waals surface area (Å²) in [5.74, 6) is 1.76. The van der Waals surface area contributed by atoms with Crippen molar-refractivity contribution in [2.75, 3.05) is 26.2 Å². The van der Waals surface area contributed by atoms with Gasteiger partial charge >= 0.3 is 0 Å². The van der Waals surface area contributed by atoms with Gasteiger partial charge in [-0.1, -0.05) is 37.6 Å². The lowest BCUT2D eigenvalue weighted by atomic mass is 9.86. The number of likely N-dealkylation sites (tertiary alicyclic amines) is 1. The Hall–Kier alpha value is -3.82. The maximum atomic E-state index is 13.7. The second kappa shape index (κ2) is 10.0. The smallest absolute Gasteiger partial charge is 0.231 e. The summed E-state index contributed by atoms with van der Waals surface area (Å²) in [5, 5.41) is 10.3. The summed E-state index contributed by atoms with van der Waals surface area (Å²) in [6.07, 6.45) is 0.771. The molecule has 0 aliphatic carbocycles. The summed E-state index contributed by atoms with van der Waals surface area (Å²) in [6.45, 7) is 15.4. The summed E-state index contributed by atoms with van der Waals surface area (Å²) in [4.78, 5) is 5.81. The van der Waals surface area contributed by atoms with E-state index in [0.29, 0.717) is 17.9 Å². The number of fused-ring (bicyclic) bond motifs is 1. The number of hydrogen-bond donors (Lipinski definition) is 1. The zero-order chi connectivity index (χ0) is 25.2. The first kappa shape index (κ1) is 23.9. The van der Waals surface area contributed by atoms with E-state index >= 15 is 0 Å². The van der Waals surface area contributed by atoms with Gasteiger partial charge < -0.3 is 14.6 Å². The van der Waals surface area contributed by atoms with E-state index in [1.165, 1.54) is 18.6 Å². The SMILES string of the molecule is [C-]#[N+]c1cc2c(cc1O)C(C)=C(c1ccc(F)cc1)[C@@H](c1ccc(OCCN3CC(CC)C3)cc1)O2. The van der Waals surface area contributed by atoms with Crippen molar-refractivity contribution < 1.29 is 19.0 Å². The van der Waals surface area contributed by atoms with Gasteiger partial charge in [-0.25, -0.2) is 9.24 Å². The molecular formula is C30H29FN2O3. The van der Waals surface area contributed by atoms with Crippen LogP contribution in [0.5, 0.6) is 17.2 Å². The van der Waals surface area contributed by atoms with Crippen molar-refractivity contribution in [1.29, 1.82) is 0 Å². The highest BCUT2D eigenvalue weighted by Gasteiger charge is 2.30. The van der Waals surface area contributed by atoms with E-state index in [-0.39, 0.29) is 17.3 Å². The number of ether oxygens (including phenoxy) is 2. The normalized spacial score (nSPS) is 17.7. The van der Waals surface area contributed by atoms with Gasteiger partial charge in [0.25, 0.3) is 0 Å². The number of phenolic OH excluding ortho intramolecular Hbond substituents is 1. The van der Waals surface area contributed by atoms with Crippen LogP contribution in [0.2, 0.25) is 0 Å². The van der Waals surface area contributed by atoms with Crippen LogP contribution >= 0.6 is 0 Å². The molecule has 184 valence electrons. The van der Waals surface area contributed by atoms with Crippen LogP contribution in [0.15, 0.2) is 60.7 Å². The van der Waals surface area contributed by atoms with Crippen molar-refractivity contribution in [1.82, 2.24) is 4.90 Å². The lowest BCUT2D eigenvalue weighted by Gasteiger charge is -2.38. The highest BCUT2D eigenvalue weighted by molar-refractivity contribution is 5.96. The molecule has 0 unspecified atom stereocenters. The molecule has 36 heavy (non-hydrogen) atoms. The summed E-state index contributed by atoms with van der Waals surface area (Å²) < 4.78 is 26.1. The van der Waals surface area contributed by atoms with Crippen LogP contribution in [-0.2, 0) is 0 Å². The Kier molecular flexibility index (Phi) is 6.67. The fourth-order valence-electron chi connectivity index (χ4n) is 4.95. The van der Waals surface area contributed by atoms with Gasteiger partial charge in [0.2, 0.25) is 5.69 Å². The minimum absolute atomic E-state index is 0.0893. The van der Waals surface area contributed by atoms with Crippen molar-refractivity contribution in [3.63, 3.8) is 0 Å². The molecule has 1 saturated heterocycles. The molecule has 6 heteroatoms. The molecule has 0 aromatic heterocycles. The molecule has 0 saturated carbocycles. The Labute approximate surface area is 211 Å². The van der Waals surface area contributed by atoms with Gasteiger partial charge in [0, 0.05) is 30.8 Å². The van der Waals surface area contributed by atoms with Crippen LogP contribution in [-0.4, -0.2) is 36.2 Å². The second-order valence-corrected chi connectivity index (χ2v) is 9.44. The highest BCUT2D eigenvalue weighted by atomic mass is 19.1. The van der Waals surface area contributed by atoms with Gasteiger partial charge in [0.15, 0.2) is 0 Å². The molecule has 2 heterocycles. The summed E-state index contributed by atoms with van der Waals surface area (Å²) in [6, 6.07) is 17.3. The van der Waals surface area contributed by atoms with E-state index in [1.807, 2.05) is 31.2 Å². The molecule has 0 spiro atoms. The molecule has 3 aromatic rings.